The first-order valence-corrected chi connectivity index (χ1v) is 6.56. The van der Waals surface area contributed by atoms with Gasteiger partial charge >= 0.3 is 5.97 Å². The predicted molar refractivity (Wildman–Crippen MR) is 64.9 cm³/mol. The summed E-state index contributed by atoms with van der Waals surface area (Å²) in [5.74, 6) is -0.216. The van der Waals surface area contributed by atoms with Crippen molar-refractivity contribution in [1.82, 2.24) is 4.90 Å². The van der Waals surface area contributed by atoms with E-state index in [2.05, 4.69) is 11.8 Å². The Morgan fingerprint density at radius 1 is 1.65 bits per heavy atom. The van der Waals surface area contributed by atoms with Gasteiger partial charge in [-0.2, -0.15) is 0 Å². The Morgan fingerprint density at radius 3 is 3.00 bits per heavy atom. The van der Waals surface area contributed by atoms with E-state index in [9.17, 15) is 9.90 Å². The Hall–Kier alpha value is -0.610. The number of fused-ring (bicyclic) bond motifs is 1. The van der Waals surface area contributed by atoms with Crippen LogP contribution in [0.1, 0.15) is 32.6 Å². The minimum absolute atomic E-state index is 0.366. The number of hydrogen-bond acceptors (Lipinski definition) is 3. The molecule has 1 N–H and O–H groups in total. The van der Waals surface area contributed by atoms with Crippen LogP contribution in [0.4, 0.5) is 0 Å². The summed E-state index contributed by atoms with van der Waals surface area (Å²) in [6, 6.07) is 0.428. The molecule has 0 bridgehead atoms. The summed E-state index contributed by atoms with van der Waals surface area (Å²) in [5, 5.41) is 9.50. The lowest BCUT2D eigenvalue weighted by atomic mass is 9.81. The molecule has 2 aliphatic rings. The molecular formula is C13H23NO3. The number of methoxy groups -OCH3 is 1. The monoisotopic (exact) mass is 241 g/mol. The molecule has 0 aromatic carbocycles. The van der Waals surface area contributed by atoms with Crippen molar-refractivity contribution in [3.63, 3.8) is 0 Å². The zero-order valence-corrected chi connectivity index (χ0v) is 10.8. The van der Waals surface area contributed by atoms with Gasteiger partial charge in [0.15, 0.2) is 0 Å². The first-order valence-electron chi connectivity index (χ1n) is 6.56. The Balaban J connectivity index is 2.00. The highest BCUT2D eigenvalue weighted by Gasteiger charge is 2.55. The minimum atomic E-state index is -0.582. The third-order valence-electron chi connectivity index (χ3n) is 4.69. The van der Waals surface area contributed by atoms with Gasteiger partial charge in [-0.05, 0) is 32.1 Å². The fraction of sp³-hybridized carbons (Fsp3) is 0.923. The second-order valence-corrected chi connectivity index (χ2v) is 5.61. The fourth-order valence-electron chi connectivity index (χ4n) is 3.48. The first kappa shape index (κ1) is 12.8. The van der Waals surface area contributed by atoms with Gasteiger partial charge in [0.2, 0.25) is 0 Å². The molecular weight excluding hydrogens is 218 g/mol. The average molecular weight is 241 g/mol. The van der Waals surface area contributed by atoms with E-state index in [1.165, 1.54) is 0 Å². The van der Waals surface area contributed by atoms with Crippen molar-refractivity contribution in [3.8, 4) is 0 Å². The fourth-order valence-corrected chi connectivity index (χ4v) is 3.48. The molecule has 2 rings (SSSR count). The van der Waals surface area contributed by atoms with E-state index in [1.54, 1.807) is 7.11 Å². The van der Waals surface area contributed by atoms with E-state index in [0.29, 0.717) is 12.0 Å². The van der Waals surface area contributed by atoms with E-state index in [4.69, 9.17) is 4.74 Å². The molecule has 4 nitrogen and oxygen atoms in total. The molecule has 3 atom stereocenters. The number of aliphatic carboxylic acids is 1. The maximum atomic E-state index is 11.5. The van der Waals surface area contributed by atoms with Crippen LogP contribution in [-0.4, -0.2) is 48.8 Å². The van der Waals surface area contributed by atoms with Gasteiger partial charge in [0.25, 0.3) is 0 Å². The number of carboxylic acids is 1. The van der Waals surface area contributed by atoms with Crippen LogP contribution in [0, 0.1) is 11.3 Å². The number of likely N-dealkylation sites (tertiary alicyclic amines) is 1. The van der Waals surface area contributed by atoms with E-state index in [-0.39, 0.29) is 0 Å². The van der Waals surface area contributed by atoms with Crippen LogP contribution < -0.4 is 0 Å². The molecule has 0 amide bonds. The number of hydrogen-bond donors (Lipinski definition) is 1. The van der Waals surface area contributed by atoms with Crippen molar-refractivity contribution in [2.24, 2.45) is 11.3 Å². The number of nitrogens with zero attached hydrogens (tertiary/aromatic N) is 1. The molecule has 0 aromatic heterocycles. The summed E-state index contributed by atoms with van der Waals surface area (Å²) in [7, 11) is 1.71. The number of carbonyl (C=O) groups is 1. The molecule has 4 heteroatoms. The van der Waals surface area contributed by atoms with E-state index < -0.39 is 11.4 Å². The lowest BCUT2D eigenvalue weighted by Gasteiger charge is -2.27. The normalized spacial score (nSPS) is 34.8. The standard InChI is InChI=1S/C13H23NO3/c1-10(5-7-17-2)14-8-11-4-3-6-13(11,9-14)12(15)16/h10-11H,3-9H2,1-2H3,(H,15,16)/t10?,11-,13+/m0/s1. The molecule has 98 valence electrons. The van der Waals surface area contributed by atoms with Crippen LogP contribution in [0.5, 0.6) is 0 Å². The molecule has 17 heavy (non-hydrogen) atoms. The van der Waals surface area contributed by atoms with Crippen molar-refractivity contribution >= 4 is 5.97 Å². The van der Waals surface area contributed by atoms with Gasteiger partial charge < -0.3 is 9.84 Å². The lowest BCUT2D eigenvalue weighted by Crippen LogP contribution is -2.38. The average Bonchev–Trinajstić information content (AvgIpc) is 2.82. The van der Waals surface area contributed by atoms with Gasteiger partial charge in [0.1, 0.15) is 0 Å². The molecule has 1 saturated heterocycles. The molecule has 1 heterocycles. The van der Waals surface area contributed by atoms with Gasteiger partial charge in [-0.15, -0.1) is 0 Å². The van der Waals surface area contributed by atoms with Crippen molar-refractivity contribution in [2.75, 3.05) is 26.8 Å². The highest BCUT2D eigenvalue weighted by atomic mass is 16.5. The molecule has 1 unspecified atom stereocenters. The lowest BCUT2D eigenvalue weighted by molar-refractivity contribution is -0.149. The van der Waals surface area contributed by atoms with Crippen molar-refractivity contribution < 1.29 is 14.6 Å². The Labute approximate surface area is 103 Å². The van der Waals surface area contributed by atoms with Crippen LogP contribution >= 0.6 is 0 Å². The Bertz CT molecular complexity index is 294. The Kier molecular flexibility index (Phi) is 3.73. The SMILES string of the molecule is COCCC(C)N1C[C@@H]2CCC[C@@]2(C(=O)O)C1. The van der Waals surface area contributed by atoms with Gasteiger partial charge in [-0.3, -0.25) is 9.69 Å². The topological polar surface area (TPSA) is 49.8 Å². The molecule has 0 aromatic rings. The maximum Gasteiger partial charge on any atom is 0.311 e. The van der Waals surface area contributed by atoms with Gasteiger partial charge in [0.05, 0.1) is 5.41 Å². The summed E-state index contributed by atoms with van der Waals surface area (Å²) in [4.78, 5) is 13.9. The van der Waals surface area contributed by atoms with Crippen LogP contribution in [0.15, 0.2) is 0 Å². The van der Waals surface area contributed by atoms with Gasteiger partial charge in [-0.1, -0.05) is 6.42 Å². The van der Waals surface area contributed by atoms with Gasteiger partial charge in [0, 0.05) is 32.8 Å². The Morgan fingerprint density at radius 2 is 2.41 bits per heavy atom. The summed E-state index contributed by atoms with van der Waals surface area (Å²) < 4.78 is 5.10. The third-order valence-corrected chi connectivity index (χ3v) is 4.69. The van der Waals surface area contributed by atoms with Crippen LogP contribution in [0.2, 0.25) is 0 Å². The van der Waals surface area contributed by atoms with E-state index >= 15 is 0 Å². The number of carboxylic acid groups (broad SMARTS) is 1. The largest absolute Gasteiger partial charge is 0.481 e. The highest BCUT2D eigenvalue weighted by Crippen LogP contribution is 2.49. The molecule has 1 saturated carbocycles. The first-order chi connectivity index (χ1) is 8.10. The van der Waals surface area contributed by atoms with Crippen molar-refractivity contribution in [3.05, 3.63) is 0 Å². The van der Waals surface area contributed by atoms with Crippen LogP contribution in [-0.2, 0) is 9.53 Å². The summed E-state index contributed by atoms with van der Waals surface area (Å²) >= 11 is 0. The molecule has 2 fully saturated rings. The molecule has 1 aliphatic carbocycles. The zero-order valence-electron chi connectivity index (χ0n) is 10.8. The van der Waals surface area contributed by atoms with Crippen LogP contribution in [0.3, 0.4) is 0 Å². The second-order valence-electron chi connectivity index (χ2n) is 5.61. The van der Waals surface area contributed by atoms with E-state index in [0.717, 1.165) is 45.4 Å². The zero-order chi connectivity index (χ0) is 12.5. The summed E-state index contributed by atoms with van der Waals surface area (Å²) in [6.07, 6.45) is 4.01. The van der Waals surface area contributed by atoms with E-state index in [1.807, 2.05) is 0 Å². The number of ether oxygens (including phenoxy) is 1. The smallest absolute Gasteiger partial charge is 0.311 e. The summed E-state index contributed by atoms with van der Waals surface area (Å²) in [6.45, 7) is 4.62. The predicted octanol–water partition coefficient (Wildman–Crippen LogP) is 1.60. The molecule has 1 aliphatic heterocycles. The summed E-state index contributed by atoms with van der Waals surface area (Å²) in [5.41, 5.74) is -0.443. The third kappa shape index (κ3) is 2.20. The number of rotatable bonds is 5. The quantitative estimate of drug-likeness (QED) is 0.794. The second kappa shape index (κ2) is 4.94. The van der Waals surface area contributed by atoms with Crippen molar-refractivity contribution in [2.45, 2.75) is 38.6 Å². The molecule has 0 radical (unpaired) electrons. The minimum Gasteiger partial charge on any atom is -0.481 e. The molecule has 0 spiro atoms. The van der Waals surface area contributed by atoms with Gasteiger partial charge in [-0.25, -0.2) is 0 Å². The van der Waals surface area contributed by atoms with Crippen molar-refractivity contribution in [1.29, 1.82) is 0 Å². The highest BCUT2D eigenvalue weighted by molar-refractivity contribution is 5.76. The van der Waals surface area contributed by atoms with Crippen LogP contribution in [0.25, 0.3) is 0 Å². The maximum absolute atomic E-state index is 11.5.